The van der Waals surface area contributed by atoms with Gasteiger partial charge in [-0.2, -0.15) is 18.3 Å². The van der Waals surface area contributed by atoms with Gasteiger partial charge in [0.05, 0.1) is 66.1 Å². The Balaban J connectivity index is 0.744. The van der Waals surface area contributed by atoms with Crippen LogP contribution in [0.25, 0.3) is 174 Å². The first-order chi connectivity index (χ1) is 67.5. The number of hydrogen-bond donors (Lipinski definition) is 0. The van der Waals surface area contributed by atoms with Crippen LogP contribution in [0.5, 0.6) is 0 Å². The molecule has 4 aromatic heterocycles. The highest BCUT2D eigenvalue weighted by Crippen LogP contribution is 2.62. The minimum Gasteiger partial charge on any atom is -0.192 e. The molecule has 12 aliphatic heterocycles. The Bertz CT molecular complexity index is 9990. The van der Waals surface area contributed by atoms with Gasteiger partial charge in [-0.1, -0.05) is 368 Å². The predicted molar refractivity (Wildman–Crippen MR) is 538 cm³/mol. The standard InChI is InChI=1S/C120H62N16/c1-7-31-63(32-8-1)91-75-49-25-19-43-69(75)55-85-97(91)115-125-111-89-59-73-47-23-29-53-79(73)95(67-39-15-5-16-40-67)101(89)117-127-109-87-57-71-45-21-27-51-77(71)93(65-35-11-3-12-36-65)99(87)113-123-105-83-62-82-84(61-81(83)103-121-107(85)131(115)119(129(103)105,133(109)113)135(111)117)106-124-114-100-88(58-72-46-22-28-52-78(72)94(100)66-37-13-4-14-38-66)110-128-118-102-90(60-74-48-24-30-54-80(74)96(102)68-41-17-6-18-42-68)112-126-116-98-86(108-122-104(82)130(106)120(132(108)116,134(110)114)136(112)118)56-70-44-20-26-50-76(70)92(98)64-33-9-2-10-34-64/h1-62H/q+4. The summed E-state index contributed by atoms with van der Waals surface area (Å²) in [5, 5.41) is 21.0. The molecule has 0 bridgehead atoms. The van der Waals surface area contributed by atoms with E-state index in [2.05, 4.69) is 413 Å². The molecule has 0 amide bonds. The van der Waals surface area contributed by atoms with Crippen molar-refractivity contribution in [2.24, 2.45) is 39.9 Å². The highest BCUT2D eigenvalue weighted by Gasteiger charge is 2.74. The number of hydrogen-bond acceptors (Lipinski definition) is 8. The number of nitrogens with zero attached hydrogens (tertiary/aromatic N) is 16. The molecule has 19 aromatic carbocycles. The normalized spacial score (nSPS) is 17.5. The Morgan fingerprint density at radius 1 is 0.169 bits per heavy atom. The Labute approximate surface area is 770 Å². The summed E-state index contributed by atoms with van der Waals surface area (Å²) in [6.45, 7) is 0. The zero-order chi connectivity index (χ0) is 87.4. The molecule has 35 rings (SSSR count). The monoisotopic (exact) mass is 1730 g/mol. The van der Waals surface area contributed by atoms with Crippen LogP contribution in [-0.4, -0.2) is 83.3 Å². The minimum atomic E-state index is -1.51. The van der Waals surface area contributed by atoms with Crippen molar-refractivity contribution in [3.63, 3.8) is 0 Å². The molecule has 0 radical (unpaired) electrons. The first kappa shape index (κ1) is 69.4. The van der Waals surface area contributed by atoms with Crippen LogP contribution in [0.3, 0.4) is 0 Å². The van der Waals surface area contributed by atoms with Gasteiger partial charge in [-0.05, 0) is 147 Å². The number of aliphatic imine (C=N–C) groups is 4. The first-order valence-corrected chi connectivity index (χ1v) is 46.5. The maximum Gasteiger partial charge on any atom is 0.404 e. The second-order valence-corrected chi connectivity index (χ2v) is 37.5. The van der Waals surface area contributed by atoms with E-state index in [1.165, 1.54) is 0 Å². The lowest BCUT2D eigenvalue weighted by molar-refractivity contribution is -0.790. The van der Waals surface area contributed by atoms with Crippen LogP contribution in [-0.2, 0) is 11.8 Å². The zero-order valence-electron chi connectivity index (χ0n) is 72.0. The van der Waals surface area contributed by atoms with Gasteiger partial charge in [0.25, 0.3) is 46.7 Å². The van der Waals surface area contributed by atoms with Crippen molar-refractivity contribution in [2.45, 2.75) is 11.8 Å². The fourth-order valence-electron chi connectivity index (χ4n) is 26.0. The SMILES string of the molecule is c1ccc(-c2c3c(cc4ccccc24)C2=[N+]4C3=Nc3c5cc6ccccc6c(-c6ccccc6)c5c5n3C43n4c(c6cc7ccccc7c(-c7ccccc7)c6c4=N2)=NC2=[N+]3C(=N5)c3cc4c(cc32)C2=Nc3c5c(-c6ccccc6)c6ccccc6cc5c5n3C36n7c(c8cc9ccccc9c(-c9ccccc9)c8c7=NC7=[N+]3C(=N5)c3c7cc5ccccc5c3-c3ccccc3)=NC4=[N+]26)cc1. The van der Waals surface area contributed by atoms with Gasteiger partial charge in [-0.3, -0.25) is 0 Å². The van der Waals surface area contributed by atoms with Crippen molar-refractivity contribution in [1.29, 1.82) is 0 Å². The van der Waals surface area contributed by atoms with E-state index < -0.39 is 11.8 Å². The second-order valence-electron chi connectivity index (χ2n) is 37.5. The molecule has 16 nitrogen and oxygen atoms in total. The van der Waals surface area contributed by atoms with Crippen LogP contribution in [0.4, 0.5) is 23.3 Å². The van der Waals surface area contributed by atoms with Gasteiger partial charge in [0.2, 0.25) is 45.2 Å². The molecule has 2 atom stereocenters. The van der Waals surface area contributed by atoms with Gasteiger partial charge in [-0.25, -0.2) is 0 Å². The van der Waals surface area contributed by atoms with Gasteiger partial charge in [0.1, 0.15) is 0 Å². The molecule has 16 heterocycles. The van der Waals surface area contributed by atoms with Crippen LogP contribution in [0.2, 0.25) is 0 Å². The maximum atomic E-state index is 6.54. The molecule has 0 fully saturated rings. The summed E-state index contributed by atoms with van der Waals surface area (Å²) in [5.74, 6) is 5.93. The van der Waals surface area contributed by atoms with Gasteiger partial charge >= 0.3 is 11.8 Å². The van der Waals surface area contributed by atoms with Gasteiger partial charge in [0.15, 0.2) is 0 Å². The van der Waals surface area contributed by atoms with Gasteiger partial charge < -0.3 is 0 Å². The summed E-state index contributed by atoms with van der Waals surface area (Å²) in [7, 11) is 0. The Morgan fingerprint density at radius 3 is 0.750 bits per heavy atom. The smallest absolute Gasteiger partial charge is 0.192 e. The molecule has 136 heavy (non-hydrogen) atoms. The van der Waals surface area contributed by atoms with E-state index in [4.69, 9.17) is 39.9 Å². The average Bonchev–Trinajstić information content (AvgIpc) is 1.45. The van der Waals surface area contributed by atoms with E-state index in [9.17, 15) is 0 Å². The lowest BCUT2D eigenvalue weighted by Crippen LogP contribution is -2.71. The summed E-state index contributed by atoms with van der Waals surface area (Å²) in [6, 6.07) is 138. The van der Waals surface area contributed by atoms with Gasteiger partial charge in [-0.15, -0.1) is 18.3 Å². The van der Waals surface area contributed by atoms with Crippen molar-refractivity contribution >= 4 is 178 Å². The van der Waals surface area contributed by atoms with E-state index in [1.54, 1.807) is 0 Å². The fraction of sp³-hybridized carbons (Fsp3) is 0.0167. The van der Waals surface area contributed by atoms with Crippen LogP contribution in [0, 0.1) is 0 Å². The largest absolute Gasteiger partial charge is 0.404 e. The van der Waals surface area contributed by atoms with Crippen molar-refractivity contribution in [2.75, 3.05) is 0 Å². The molecular weight excluding hydrogens is 1670 g/mol. The predicted octanol–water partition coefficient (Wildman–Crippen LogP) is 22.7. The molecule has 12 aliphatic rings. The van der Waals surface area contributed by atoms with Crippen LogP contribution in [0.15, 0.2) is 416 Å². The molecule has 0 saturated carbocycles. The topological polar surface area (TPSA) is 131 Å². The van der Waals surface area contributed by atoms with Crippen molar-refractivity contribution in [3.8, 4) is 66.8 Å². The van der Waals surface area contributed by atoms with Crippen LogP contribution in [0.1, 0.15) is 44.5 Å². The third-order valence-corrected chi connectivity index (χ3v) is 31.1. The molecule has 618 valence electrons. The number of aromatic nitrogens is 4. The highest BCUT2D eigenvalue weighted by atomic mass is 15.7. The molecule has 2 unspecified atom stereocenters. The third kappa shape index (κ3) is 7.83. The maximum absolute atomic E-state index is 6.54. The summed E-state index contributed by atoms with van der Waals surface area (Å²) in [4.78, 5) is 51.6. The molecule has 0 N–H and O–H groups in total. The third-order valence-electron chi connectivity index (χ3n) is 31.1. The van der Waals surface area contributed by atoms with Crippen LogP contribution >= 0.6 is 0 Å². The molecule has 0 saturated heterocycles. The van der Waals surface area contributed by atoms with Crippen molar-refractivity contribution in [3.05, 3.63) is 443 Å². The van der Waals surface area contributed by atoms with Crippen molar-refractivity contribution in [1.82, 2.24) is 18.3 Å². The summed E-state index contributed by atoms with van der Waals surface area (Å²) in [5.41, 5.74) is 23.3. The Morgan fingerprint density at radius 2 is 0.419 bits per heavy atom. The zero-order valence-corrected chi connectivity index (χ0v) is 72.0. The molecule has 0 aliphatic carbocycles. The van der Waals surface area contributed by atoms with Crippen molar-refractivity contribution < 1.29 is 18.3 Å². The van der Waals surface area contributed by atoms with E-state index >= 15 is 0 Å². The Hall–Kier alpha value is -18.5. The average molecular weight is 1730 g/mol. The first-order valence-electron chi connectivity index (χ1n) is 46.5. The van der Waals surface area contributed by atoms with E-state index in [-0.39, 0.29) is 0 Å². The number of benzene rings is 19. The van der Waals surface area contributed by atoms with E-state index in [0.717, 1.165) is 288 Å². The highest BCUT2D eigenvalue weighted by molar-refractivity contribution is 6.32. The summed E-state index contributed by atoms with van der Waals surface area (Å²) in [6.07, 6.45) is 0. The number of fused-ring (bicyclic) bond motifs is 30. The quantitative estimate of drug-likeness (QED) is 0.147. The number of rotatable bonds is 6. The fourth-order valence-corrected chi connectivity index (χ4v) is 26.0. The number of amidine groups is 8. The Kier molecular flexibility index (Phi) is 12.1. The van der Waals surface area contributed by atoms with Crippen LogP contribution < -0.4 is 22.0 Å². The van der Waals surface area contributed by atoms with Gasteiger partial charge in [0, 0.05) is 54.9 Å². The van der Waals surface area contributed by atoms with E-state index in [0.29, 0.717) is 23.3 Å². The lowest BCUT2D eigenvalue weighted by atomic mass is 9.89. The second kappa shape index (κ2) is 23.8. The van der Waals surface area contributed by atoms with E-state index in [1.807, 2.05) is 0 Å². The molecule has 2 spiro atoms. The lowest BCUT2D eigenvalue weighted by Gasteiger charge is -2.40. The summed E-state index contributed by atoms with van der Waals surface area (Å²) < 4.78 is 20.0. The molecule has 16 heteroatoms. The summed E-state index contributed by atoms with van der Waals surface area (Å²) >= 11 is 0. The molecule has 23 aromatic rings. The minimum absolute atomic E-state index is 0.710. The molecular formula is C120H62N16+4.